The Balaban J connectivity index is 0.00000441. The minimum atomic E-state index is 0. The molecule has 0 saturated heterocycles. The molecule has 2 aliphatic heterocycles. The SMILES string of the molecule is CSc1c2nc(c(-c3c(C)cc(C)cc3C)c3ccc([n-]3)c(-c3ccc(C4CCCC4)cc3)c3nc(c(-c4c(C)cc(C)cc4C)c4ccc1[n-]4)C=C3)C=C2.[Zn+2]. The van der Waals surface area contributed by atoms with E-state index >= 15 is 0 Å². The minimum Gasteiger partial charge on any atom is -0.657 e. The van der Waals surface area contributed by atoms with Gasteiger partial charge < -0.3 is 9.97 Å². The van der Waals surface area contributed by atoms with Crippen molar-refractivity contribution in [3.63, 3.8) is 0 Å². The fourth-order valence-corrected chi connectivity index (χ4v) is 10.1. The first-order chi connectivity index (χ1) is 26.7. The maximum atomic E-state index is 5.51. The molecule has 0 atom stereocenters. The molecule has 1 fully saturated rings. The number of hydrogen-bond donors (Lipinski definition) is 0. The van der Waals surface area contributed by atoms with Crippen LogP contribution >= 0.6 is 11.8 Å². The second kappa shape index (κ2) is 15.3. The average molecular weight is 800 g/mol. The molecule has 0 N–H and O–H groups in total. The number of fused-ring (bicyclic) bond motifs is 8. The number of benzene rings is 3. The zero-order valence-corrected chi connectivity index (χ0v) is 37.3. The van der Waals surface area contributed by atoms with Gasteiger partial charge >= 0.3 is 19.5 Å². The molecule has 5 heterocycles. The Bertz CT molecular complexity index is 2660. The van der Waals surface area contributed by atoms with E-state index in [0.717, 1.165) is 72.0 Å². The summed E-state index contributed by atoms with van der Waals surface area (Å²) in [6, 6.07) is 27.0. The van der Waals surface area contributed by atoms with Gasteiger partial charge in [-0.3, -0.25) is 0 Å². The fraction of sp³-hybridized carbons (Fsp3) is 0.240. The monoisotopic (exact) mass is 798 g/mol. The molecule has 6 heteroatoms. The van der Waals surface area contributed by atoms with Crippen molar-refractivity contribution in [1.29, 1.82) is 0 Å². The fourth-order valence-electron chi connectivity index (χ4n) is 9.41. The van der Waals surface area contributed by atoms with Crippen molar-refractivity contribution in [1.82, 2.24) is 19.9 Å². The van der Waals surface area contributed by atoms with Crippen LogP contribution in [0.3, 0.4) is 0 Å². The van der Waals surface area contributed by atoms with Gasteiger partial charge in [0.25, 0.3) is 0 Å². The molecule has 3 aliphatic rings. The predicted molar refractivity (Wildman–Crippen MR) is 235 cm³/mol. The Kier molecular flexibility index (Phi) is 10.4. The number of aryl methyl sites for hydroxylation is 6. The maximum Gasteiger partial charge on any atom is 2.00 e. The van der Waals surface area contributed by atoms with Crippen molar-refractivity contribution in [2.45, 2.75) is 78.0 Å². The molecular weight excluding hydrogens is 754 g/mol. The van der Waals surface area contributed by atoms with E-state index in [1.165, 1.54) is 75.8 Å². The number of aromatic nitrogens is 4. The Morgan fingerprint density at radius 2 is 0.911 bits per heavy atom. The van der Waals surface area contributed by atoms with Crippen LogP contribution in [0, 0.1) is 41.5 Å². The topological polar surface area (TPSA) is 54.0 Å². The second-order valence-corrected chi connectivity index (χ2v) is 16.5. The predicted octanol–water partition coefficient (Wildman–Crippen LogP) is 13.1. The van der Waals surface area contributed by atoms with Crippen LogP contribution in [0.4, 0.5) is 0 Å². The summed E-state index contributed by atoms with van der Waals surface area (Å²) in [5.74, 6) is 0.646. The zero-order chi connectivity index (χ0) is 38.0. The van der Waals surface area contributed by atoms with Gasteiger partial charge in [0.1, 0.15) is 0 Å². The molecule has 0 spiro atoms. The van der Waals surface area contributed by atoms with Crippen molar-refractivity contribution in [3.8, 4) is 33.4 Å². The van der Waals surface area contributed by atoms with E-state index in [0.29, 0.717) is 5.92 Å². The molecule has 1 aliphatic carbocycles. The number of nitrogens with zero attached hydrogens (tertiary/aromatic N) is 4. The van der Waals surface area contributed by atoms with Crippen LogP contribution in [0.2, 0.25) is 0 Å². The molecule has 6 aromatic rings. The van der Waals surface area contributed by atoms with Gasteiger partial charge in [-0.1, -0.05) is 96.8 Å². The average Bonchev–Trinajstić information content (AvgIpc) is 4.00. The summed E-state index contributed by atoms with van der Waals surface area (Å²) in [4.78, 5) is 22.8. The molecule has 3 aromatic heterocycles. The molecule has 8 bridgehead atoms. The summed E-state index contributed by atoms with van der Waals surface area (Å²) in [6.45, 7) is 13.1. The standard InChI is InChI=1S/C50H46N4S.Zn/c1-28-24-30(3)45(31(4)25-28)48-39-18-16-37(51-39)47(36-14-12-35(13-15-36)34-10-8-9-11-34)38-17-19-40(52-38)49(46-32(5)26-29(2)27-33(46)6)42-21-23-44(54-42)50(55-7)43-22-20-41(48)53-43;/h12-27,34H,8-11H2,1-7H3;/q-2;+2. The van der Waals surface area contributed by atoms with Crippen LogP contribution in [-0.4, -0.2) is 16.2 Å². The van der Waals surface area contributed by atoms with Crippen molar-refractivity contribution in [2.24, 2.45) is 0 Å². The first-order valence-corrected chi connectivity index (χ1v) is 20.8. The van der Waals surface area contributed by atoms with Crippen LogP contribution in [0.5, 0.6) is 0 Å². The molecule has 0 radical (unpaired) electrons. The number of thioether (sulfide) groups is 1. The van der Waals surface area contributed by atoms with Gasteiger partial charge in [-0.2, -0.15) is 0 Å². The van der Waals surface area contributed by atoms with Gasteiger partial charge in [0.2, 0.25) is 0 Å². The first-order valence-electron chi connectivity index (χ1n) is 19.5. The smallest absolute Gasteiger partial charge is 0.657 e. The molecular formula is C50H46N4SZn. The molecule has 274 valence electrons. The van der Waals surface area contributed by atoms with E-state index in [-0.39, 0.29) is 19.5 Å². The van der Waals surface area contributed by atoms with Crippen molar-refractivity contribution in [3.05, 3.63) is 135 Å². The van der Waals surface area contributed by atoms with Crippen LogP contribution < -0.4 is 9.97 Å². The van der Waals surface area contributed by atoms with Gasteiger partial charge in [-0.25, -0.2) is 9.97 Å². The summed E-state index contributed by atoms with van der Waals surface area (Å²) >= 11 is 1.69. The zero-order valence-electron chi connectivity index (χ0n) is 33.5. The summed E-state index contributed by atoms with van der Waals surface area (Å²) in [7, 11) is 0. The third kappa shape index (κ3) is 6.75. The van der Waals surface area contributed by atoms with Gasteiger partial charge in [-0.15, -0.1) is 33.8 Å². The molecule has 0 unspecified atom stereocenters. The normalized spacial score (nSPS) is 13.8. The van der Waals surface area contributed by atoms with Gasteiger partial charge in [-0.05, 0) is 152 Å². The van der Waals surface area contributed by atoms with Crippen LogP contribution in [0.25, 0.3) is 79.8 Å². The summed E-state index contributed by atoms with van der Waals surface area (Å²) in [5.41, 5.74) is 22.7. The van der Waals surface area contributed by atoms with Gasteiger partial charge in [0, 0.05) is 4.90 Å². The third-order valence-corrected chi connectivity index (χ3v) is 12.5. The van der Waals surface area contributed by atoms with Crippen LogP contribution in [0.1, 0.15) is 93.3 Å². The molecule has 3 aromatic carbocycles. The van der Waals surface area contributed by atoms with Crippen molar-refractivity contribution < 1.29 is 19.5 Å². The van der Waals surface area contributed by atoms with Gasteiger partial charge in [0.05, 0.1) is 22.8 Å². The van der Waals surface area contributed by atoms with E-state index in [9.17, 15) is 0 Å². The van der Waals surface area contributed by atoms with E-state index in [1.54, 1.807) is 11.8 Å². The van der Waals surface area contributed by atoms with E-state index in [1.807, 2.05) is 0 Å². The van der Waals surface area contributed by atoms with E-state index in [2.05, 4.69) is 145 Å². The van der Waals surface area contributed by atoms with Crippen molar-refractivity contribution in [2.75, 3.05) is 6.26 Å². The second-order valence-electron chi connectivity index (χ2n) is 15.7. The van der Waals surface area contributed by atoms with Crippen molar-refractivity contribution >= 4 is 58.1 Å². The first kappa shape index (κ1) is 38.1. The summed E-state index contributed by atoms with van der Waals surface area (Å²) in [5, 5.41) is 0. The molecule has 56 heavy (non-hydrogen) atoms. The van der Waals surface area contributed by atoms with Crippen LogP contribution in [-0.2, 0) is 19.5 Å². The Morgan fingerprint density at radius 3 is 1.41 bits per heavy atom. The maximum absolute atomic E-state index is 5.51. The van der Waals surface area contributed by atoms with E-state index < -0.39 is 0 Å². The molecule has 9 rings (SSSR count). The number of hydrogen-bond acceptors (Lipinski definition) is 3. The summed E-state index contributed by atoms with van der Waals surface area (Å²) < 4.78 is 0. The number of rotatable bonds is 5. The van der Waals surface area contributed by atoms with Crippen LogP contribution in [0.15, 0.2) is 77.7 Å². The quantitative estimate of drug-likeness (QED) is 0.128. The molecule has 0 amide bonds. The Morgan fingerprint density at radius 1 is 0.500 bits per heavy atom. The van der Waals surface area contributed by atoms with Gasteiger partial charge in [0.15, 0.2) is 0 Å². The van der Waals surface area contributed by atoms with E-state index in [4.69, 9.17) is 19.9 Å². The largest absolute Gasteiger partial charge is 2.00 e. The Labute approximate surface area is 347 Å². The molecule has 4 nitrogen and oxygen atoms in total. The minimum absolute atomic E-state index is 0. The Hall–Kier alpha value is -4.77. The summed E-state index contributed by atoms with van der Waals surface area (Å²) in [6.07, 6.45) is 15.9. The molecule has 1 saturated carbocycles. The third-order valence-electron chi connectivity index (χ3n) is 11.6.